The predicted molar refractivity (Wildman–Crippen MR) is 28.7 cm³/mol. The zero-order valence-corrected chi connectivity index (χ0v) is 4.44. The number of hydrogen-bond donors (Lipinski definition) is 1. The average Bonchev–Trinajstić information content (AvgIpc) is 1.72. The lowest BCUT2D eigenvalue weighted by molar-refractivity contribution is 1.32. The Morgan fingerprint density at radius 3 is 2.83 bits per heavy atom. The Balaban J connectivity index is 2.40. The molecule has 1 nitrogen and oxygen atoms in total. The Morgan fingerprint density at radius 2 is 2.67 bits per heavy atom. The molecule has 1 heterocycles. The molecule has 0 bridgehead atoms. The SMILES string of the molecule is C1=CN[Si+]=CC1. The van der Waals surface area contributed by atoms with Crippen LogP contribution in [0.15, 0.2) is 12.3 Å². The van der Waals surface area contributed by atoms with E-state index in [1.807, 2.05) is 6.20 Å². The molecular formula is C4H6NSi+. The molecule has 0 amide bonds. The van der Waals surface area contributed by atoms with Gasteiger partial charge in [0.1, 0.15) is 5.67 Å². The van der Waals surface area contributed by atoms with Crippen LogP contribution in [0.4, 0.5) is 0 Å². The van der Waals surface area contributed by atoms with Crippen molar-refractivity contribution < 1.29 is 0 Å². The predicted octanol–water partition coefficient (Wildman–Crippen LogP) is -0.0852. The third-order valence-electron chi connectivity index (χ3n) is 0.641. The van der Waals surface area contributed by atoms with Gasteiger partial charge in [0.25, 0.3) is 0 Å². The van der Waals surface area contributed by atoms with Gasteiger partial charge in [-0.1, -0.05) is 6.08 Å². The van der Waals surface area contributed by atoms with E-state index in [1.165, 1.54) is 0 Å². The van der Waals surface area contributed by atoms with Gasteiger partial charge < -0.3 is 0 Å². The minimum absolute atomic E-state index is 0.840. The Labute approximate surface area is 39.6 Å². The van der Waals surface area contributed by atoms with Gasteiger partial charge in [0.15, 0.2) is 0 Å². The van der Waals surface area contributed by atoms with Crippen LogP contribution in [0.5, 0.6) is 0 Å². The van der Waals surface area contributed by atoms with E-state index >= 15 is 0 Å². The smallest absolute Gasteiger partial charge is 0.219 e. The van der Waals surface area contributed by atoms with Crippen molar-refractivity contribution in [3.8, 4) is 0 Å². The van der Waals surface area contributed by atoms with Crippen molar-refractivity contribution in [2.24, 2.45) is 0 Å². The molecule has 0 unspecified atom stereocenters. The van der Waals surface area contributed by atoms with E-state index in [4.69, 9.17) is 0 Å². The molecule has 0 atom stereocenters. The Morgan fingerprint density at radius 1 is 1.67 bits per heavy atom. The number of rotatable bonds is 0. The second-order valence-electron chi connectivity index (χ2n) is 1.13. The summed E-state index contributed by atoms with van der Waals surface area (Å²) in [6.45, 7) is 0. The molecule has 6 heavy (non-hydrogen) atoms. The van der Waals surface area contributed by atoms with Gasteiger partial charge in [0.05, 0.1) is 0 Å². The fourth-order valence-electron chi connectivity index (χ4n) is 0.361. The molecule has 2 heteroatoms. The van der Waals surface area contributed by atoms with Crippen LogP contribution in [-0.2, 0) is 0 Å². The van der Waals surface area contributed by atoms with Crippen LogP contribution in [0.2, 0.25) is 0 Å². The highest BCUT2D eigenvalue weighted by Crippen LogP contribution is 1.75. The monoisotopic (exact) mass is 96.0 g/mol. The van der Waals surface area contributed by atoms with Crippen LogP contribution in [-0.4, -0.2) is 15.0 Å². The quantitative estimate of drug-likeness (QED) is 0.416. The first-order valence-corrected chi connectivity index (χ1v) is 3.05. The van der Waals surface area contributed by atoms with Crippen molar-refractivity contribution in [1.29, 1.82) is 0 Å². The van der Waals surface area contributed by atoms with Gasteiger partial charge in [0.2, 0.25) is 0 Å². The van der Waals surface area contributed by atoms with Gasteiger partial charge in [-0.2, -0.15) is 0 Å². The van der Waals surface area contributed by atoms with Crippen LogP contribution >= 0.6 is 0 Å². The molecule has 30 valence electrons. The molecule has 0 radical (unpaired) electrons. The molecule has 0 spiro atoms. The number of nitrogens with one attached hydrogen (secondary N) is 1. The van der Waals surface area contributed by atoms with Crippen LogP contribution in [0.25, 0.3) is 0 Å². The zero-order valence-electron chi connectivity index (χ0n) is 3.44. The molecular weight excluding hydrogens is 90.1 g/mol. The highest BCUT2D eigenvalue weighted by Gasteiger charge is 1.92. The summed E-state index contributed by atoms with van der Waals surface area (Å²) in [6, 6.07) is 0. The highest BCUT2D eigenvalue weighted by atomic mass is 28.2. The van der Waals surface area contributed by atoms with E-state index in [0.717, 1.165) is 15.7 Å². The van der Waals surface area contributed by atoms with Gasteiger partial charge in [-0.25, -0.2) is 4.98 Å². The van der Waals surface area contributed by atoms with E-state index in [-0.39, 0.29) is 0 Å². The van der Waals surface area contributed by atoms with Crippen molar-refractivity contribution in [2.75, 3.05) is 0 Å². The van der Waals surface area contributed by atoms with Crippen LogP contribution < -0.4 is 4.98 Å². The molecule has 1 aliphatic rings. The lowest BCUT2D eigenvalue weighted by atomic mass is 10.5. The Kier molecular flexibility index (Phi) is 1.22. The summed E-state index contributed by atoms with van der Waals surface area (Å²) in [5, 5.41) is 0. The maximum Gasteiger partial charge on any atom is 0.584 e. The molecule has 0 aliphatic carbocycles. The van der Waals surface area contributed by atoms with Gasteiger partial charge in [0, 0.05) is 12.6 Å². The summed E-state index contributed by atoms with van der Waals surface area (Å²) in [7, 11) is 0.840. The van der Waals surface area contributed by atoms with Gasteiger partial charge in [-0.05, 0) is 0 Å². The first kappa shape index (κ1) is 3.80. The van der Waals surface area contributed by atoms with Gasteiger partial charge >= 0.3 is 9.29 Å². The van der Waals surface area contributed by atoms with Crippen molar-refractivity contribution in [3.05, 3.63) is 12.3 Å². The van der Waals surface area contributed by atoms with E-state index in [1.54, 1.807) is 0 Å². The van der Waals surface area contributed by atoms with Crippen LogP contribution in [0.3, 0.4) is 0 Å². The number of allylic oxidation sites excluding steroid dienone is 1. The second-order valence-corrected chi connectivity index (χ2v) is 2.12. The normalized spacial score (nSPS) is 16.0. The molecule has 0 saturated heterocycles. The minimum atomic E-state index is 0.840. The third-order valence-corrected chi connectivity index (χ3v) is 1.41. The molecule has 1 aliphatic heterocycles. The van der Waals surface area contributed by atoms with Crippen molar-refractivity contribution >= 4 is 15.0 Å². The van der Waals surface area contributed by atoms with Gasteiger partial charge in [-0.3, -0.25) is 0 Å². The van der Waals surface area contributed by atoms with E-state index in [0.29, 0.717) is 0 Å². The van der Waals surface area contributed by atoms with Crippen molar-refractivity contribution in [1.82, 2.24) is 4.98 Å². The molecule has 0 fully saturated rings. The van der Waals surface area contributed by atoms with Crippen molar-refractivity contribution in [3.63, 3.8) is 0 Å². The maximum absolute atomic E-state index is 3.08. The minimum Gasteiger partial charge on any atom is -0.219 e. The molecule has 0 aromatic heterocycles. The summed E-state index contributed by atoms with van der Waals surface area (Å²) in [5.41, 5.74) is 2.22. The summed E-state index contributed by atoms with van der Waals surface area (Å²) in [5.74, 6) is 0. The molecule has 1 rings (SSSR count). The summed E-state index contributed by atoms with van der Waals surface area (Å²) in [4.78, 5) is 3.08. The fraction of sp³-hybridized carbons (Fsp3) is 0.250. The second kappa shape index (κ2) is 1.92. The largest absolute Gasteiger partial charge is 0.584 e. The Hall–Kier alpha value is -0.373. The lowest BCUT2D eigenvalue weighted by Crippen LogP contribution is -2.08. The Bertz CT molecular complexity index is 65.5. The molecule has 0 aromatic rings. The molecule has 0 saturated carbocycles. The average molecular weight is 96.2 g/mol. The lowest BCUT2D eigenvalue weighted by Gasteiger charge is -1.77. The topological polar surface area (TPSA) is 12.0 Å². The van der Waals surface area contributed by atoms with E-state index in [2.05, 4.69) is 16.7 Å². The fourth-order valence-corrected chi connectivity index (χ4v) is 0.947. The number of hydrogen-bond acceptors (Lipinski definition) is 1. The first-order chi connectivity index (χ1) is 3.00. The zero-order chi connectivity index (χ0) is 4.24. The van der Waals surface area contributed by atoms with Crippen LogP contribution in [0.1, 0.15) is 6.42 Å². The standard InChI is InChI=1S/C4H6NSi/c1-2-4-6-5-3-1/h1,3-5H,2H2/q+1. The first-order valence-electron chi connectivity index (χ1n) is 1.98. The van der Waals surface area contributed by atoms with E-state index in [9.17, 15) is 0 Å². The highest BCUT2D eigenvalue weighted by molar-refractivity contribution is 6.45. The summed E-state index contributed by atoms with van der Waals surface area (Å²) >= 11 is 0. The van der Waals surface area contributed by atoms with Crippen molar-refractivity contribution in [2.45, 2.75) is 6.42 Å². The molecule has 0 aromatic carbocycles. The summed E-state index contributed by atoms with van der Waals surface area (Å²) < 4.78 is 0. The van der Waals surface area contributed by atoms with E-state index < -0.39 is 0 Å². The summed E-state index contributed by atoms with van der Waals surface area (Å²) in [6.07, 6.45) is 5.25. The van der Waals surface area contributed by atoms with Crippen LogP contribution in [0, 0.1) is 0 Å². The maximum atomic E-state index is 3.08. The van der Waals surface area contributed by atoms with Gasteiger partial charge in [-0.15, -0.1) is 0 Å². The molecule has 1 N–H and O–H groups in total. The third kappa shape index (κ3) is 0.790.